The van der Waals surface area contributed by atoms with Crippen LogP contribution in [0.1, 0.15) is 11.3 Å². The van der Waals surface area contributed by atoms with Gasteiger partial charge in [-0.25, -0.2) is 0 Å². The van der Waals surface area contributed by atoms with Gasteiger partial charge in [0.2, 0.25) is 0 Å². The lowest BCUT2D eigenvalue weighted by atomic mass is 10.1. The standard InChI is InChI=1S/C22H16N2O4S2/c25-21-20(30-22(29)23(21)13-12-15-4-2-1-3-5-15)14-18-10-11-19(28-18)16-6-8-17(9-7-16)24(26)27/h1-11,14H,12-13H2. The van der Waals surface area contributed by atoms with Gasteiger partial charge in [-0.15, -0.1) is 0 Å². The summed E-state index contributed by atoms with van der Waals surface area (Å²) < 4.78 is 6.34. The van der Waals surface area contributed by atoms with Gasteiger partial charge < -0.3 is 4.42 Å². The molecule has 30 heavy (non-hydrogen) atoms. The van der Waals surface area contributed by atoms with E-state index in [1.54, 1.807) is 35.2 Å². The van der Waals surface area contributed by atoms with Crippen molar-refractivity contribution in [2.45, 2.75) is 6.42 Å². The van der Waals surface area contributed by atoms with Crippen molar-refractivity contribution in [1.82, 2.24) is 4.90 Å². The summed E-state index contributed by atoms with van der Waals surface area (Å²) >= 11 is 6.64. The minimum atomic E-state index is -0.447. The number of thioether (sulfide) groups is 1. The van der Waals surface area contributed by atoms with E-state index >= 15 is 0 Å². The number of carbonyl (C=O) groups is 1. The van der Waals surface area contributed by atoms with Crippen LogP contribution in [-0.4, -0.2) is 26.6 Å². The molecule has 0 unspecified atom stereocenters. The fraction of sp³-hybridized carbons (Fsp3) is 0.0909. The van der Waals surface area contributed by atoms with Crippen LogP contribution in [-0.2, 0) is 11.2 Å². The van der Waals surface area contributed by atoms with Crippen molar-refractivity contribution in [2.24, 2.45) is 0 Å². The Bertz CT molecular complexity index is 1140. The Balaban J connectivity index is 1.46. The first kappa shape index (κ1) is 20.1. The minimum absolute atomic E-state index is 0.0182. The second kappa shape index (κ2) is 8.64. The van der Waals surface area contributed by atoms with Crippen molar-refractivity contribution in [3.63, 3.8) is 0 Å². The molecule has 4 rings (SSSR count). The van der Waals surface area contributed by atoms with Crippen LogP contribution in [0.15, 0.2) is 76.1 Å². The van der Waals surface area contributed by atoms with Crippen LogP contribution >= 0.6 is 24.0 Å². The molecule has 0 saturated carbocycles. The van der Waals surface area contributed by atoms with E-state index in [1.165, 1.54) is 23.9 Å². The molecule has 1 saturated heterocycles. The van der Waals surface area contributed by atoms with E-state index in [4.69, 9.17) is 16.6 Å². The Morgan fingerprint density at radius 1 is 1.07 bits per heavy atom. The molecular formula is C22H16N2O4S2. The summed E-state index contributed by atoms with van der Waals surface area (Å²) in [5, 5.41) is 10.8. The third kappa shape index (κ3) is 4.34. The van der Waals surface area contributed by atoms with E-state index in [0.717, 1.165) is 17.5 Å². The van der Waals surface area contributed by atoms with Gasteiger partial charge in [0.15, 0.2) is 0 Å². The second-order valence-corrected chi connectivity index (χ2v) is 8.25. The monoisotopic (exact) mass is 436 g/mol. The molecule has 0 aliphatic carbocycles. The smallest absolute Gasteiger partial charge is 0.269 e. The highest BCUT2D eigenvalue weighted by Crippen LogP contribution is 2.34. The number of benzene rings is 2. The van der Waals surface area contributed by atoms with Gasteiger partial charge in [-0.05, 0) is 36.2 Å². The molecule has 1 amide bonds. The van der Waals surface area contributed by atoms with Crippen molar-refractivity contribution in [3.8, 4) is 11.3 Å². The zero-order valence-electron chi connectivity index (χ0n) is 15.7. The lowest BCUT2D eigenvalue weighted by molar-refractivity contribution is -0.384. The number of amides is 1. The number of carbonyl (C=O) groups excluding carboxylic acids is 1. The second-order valence-electron chi connectivity index (χ2n) is 6.57. The van der Waals surface area contributed by atoms with E-state index in [9.17, 15) is 14.9 Å². The Kier molecular flexibility index (Phi) is 5.78. The van der Waals surface area contributed by atoms with Crippen LogP contribution in [0.3, 0.4) is 0 Å². The quantitative estimate of drug-likeness (QED) is 0.226. The molecule has 1 fully saturated rings. The average Bonchev–Trinajstić information content (AvgIpc) is 3.32. The van der Waals surface area contributed by atoms with Gasteiger partial charge in [0.25, 0.3) is 11.6 Å². The molecule has 150 valence electrons. The first-order valence-corrected chi connectivity index (χ1v) is 10.4. The van der Waals surface area contributed by atoms with Gasteiger partial charge in [-0.2, -0.15) is 0 Å². The van der Waals surface area contributed by atoms with Crippen LogP contribution in [0.25, 0.3) is 17.4 Å². The Labute approximate surface area is 182 Å². The number of nitro benzene ring substituents is 1. The summed E-state index contributed by atoms with van der Waals surface area (Å²) in [6.45, 7) is 0.526. The van der Waals surface area contributed by atoms with Gasteiger partial charge >= 0.3 is 0 Å². The van der Waals surface area contributed by atoms with Crippen LogP contribution < -0.4 is 0 Å². The number of furan rings is 1. The topological polar surface area (TPSA) is 76.6 Å². The number of nitrogens with zero attached hydrogens (tertiary/aromatic N) is 2. The highest BCUT2D eigenvalue weighted by molar-refractivity contribution is 8.26. The summed E-state index contributed by atoms with van der Waals surface area (Å²) in [5.41, 5.74) is 1.88. The van der Waals surface area contributed by atoms with Crippen LogP contribution in [0, 0.1) is 10.1 Å². The Morgan fingerprint density at radius 2 is 1.80 bits per heavy atom. The van der Waals surface area contributed by atoms with E-state index in [2.05, 4.69) is 0 Å². The molecule has 1 aliphatic rings. The van der Waals surface area contributed by atoms with Gasteiger partial charge in [0.05, 0.1) is 9.83 Å². The molecule has 1 aromatic heterocycles. The number of hydrogen-bond donors (Lipinski definition) is 0. The van der Waals surface area contributed by atoms with Crippen LogP contribution in [0.2, 0.25) is 0 Å². The van der Waals surface area contributed by atoms with Crippen LogP contribution in [0.5, 0.6) is 0 Å². The number of nitro groups is 1. The molecule has 3 aromatic rings. The number of thiocarbonyl (C=S) groups is 1. The maximum atomic E-state index is 12.8. The third-order valence-electron chi connectivity index (χ3n) is 4.60. The van der Waals surface area contributed by atoms with Gasteiger partial charge in [0.1, 0.15) is 15.8 Å². The largest absolute Gasteiger partial charge is 0.457 e. The van der Waals surface area contributed by atoms with E-state index in [0.29, 0.717) is 27.3 Å². The van der Waals surface area contributed by atoms with E-state index in [-0.39, 0.29) is 11.6 Å². The minimum Gasteiger partial charge on any atom is -0.457 e. The fourth-order valence-corrected chi connectivity index (χ4v) is 4.33. The third-order valence-corrected chi connectivity index (χ3v) is 5.98. The van der Waals surface area contributed by atoms with Crippen LogP contribution in [0.4, 0.5) is 5.69 Å². The van der Waals surface area contributed by atoms with Gasteiger partial charge in [-0.3, -0.25) is 19.8 Å². The molecule has 6 nitrogen and oxygen atoms in total. The molecule has 8 heteroatoms. The first-order valence-electron chi connectivity index (χ1n) is 9.15. The fourth-order valence-electron chi connectivity index (χ4n) is 3.04. The lowest BCUT2D eigenvalue weighted by Crippen LogP contribution is -2.30. The van der Waals surface area contributed by atoms with Crippen molar-refractivity contribution in [1.29, 1.82) is 0 Å². The molecular weight excluding hydrogens is 420 g/mol. The molecule has 0 spiro atoms. The summed E-state index contributed by atoms with van der Waals surface area (Å²) in [6, 6.07) is 19.6. The number of non-ortho nitro benzene ring substituents is 1. The van der Waals surface area contributed by atoms with E-state index < -0.39 is 4.92 Å². The van der Waals surface area contributed by atoms with Crippen molar-refractivity contribution in [2.75, 3.05) is 6.54 Å². The zero-order valence-corrected chi connectivity index (χ0v) is 17.3. The summed E-state index contributed by atoms with van der Waals surface area (Å²) in [6.07, 6.45) is 2.41. The van der Waals surface area contributed by atoms with Crippen molar-refractivity contribution < 1.29 is 14.1 Å². The molecule has 1 aliphatic heterocycles. The predicted octanol–water partition coefficient (Wildman–Crippen LogP) is 5.30. The summed E-state index contributed by atoms with van der Waals surface area (Å²) in [4.78, 5) is 25.2. The van der Waals surface area contributed by atoms with Crippen molar-refractivity contribution in [3.05, 3.63) is 93.1 Å². The maximum absolute atomic E-state index is 12.8. The molecule has 2 heterocycles. The molecule has 0 bridgehead atoms. The summed E-state index contributed by atoms with van der Waals surface area (Å²) in [7, 11) is 0. The SMILES string of the molecule is O=C1C(=Cc2ccc(-c3ccc([N+](=O)[O-])cc3)o2)SC(=S)N1CCc1ccccc1. The Hall–Kier alpha value is -3.23. The first-order chi connectivity index (χ1) is 14.5. The molecule has 0 N–H and O–H groups in total. The number of hydrogen-bond acceptors (Lipinski definition) is 6. The predicted molar refractivity (Wildman–Crippen MR) is 121 cm³/mol. The molecule has 0 atom stereocenters. The van der Waals surface area contributed by atoms with Gasteiger partial charge in [0, 0.05) is 30.3 Å². The molecule has 0 radical (unpaired) electrons. The lowest BCUT2D eigenvalue weighted by Gasteiger charge is -2.14. The van der Waals surface area contributed by atoms with E-state index in [1.807, 2.05) is 30.3 Å². The zero-order chi connectivity index (χ0) is 21.1. The average molecular weight is 437 g/mol. The highest BCUT2D eigenvalue weighted by Gasteiger charge is 2.31. The van der Waals surface area contributed by atoms with Gasteiger partial charge in [-0.1, -0.05) is 54.3 Å². The molecule has 2 aromatic carbocycles. The normalized spacial score (nSPS) is 15.2. The Morgan fingerprint density at radius 3 is 2.50 bits per heavy atom. The highest BCUT2D eigenvalue weighted by atomic mass is 32.2. The number of rotatable bonds is 6. The maximum Gasteiger partial charge on any atom is 0.269 e. The van der Waals surface area contributed by atoms with Crippen molar-refractivity contribution >= 4 is 46.0 Å². The summed E-state index contributed by atoms with van der Waals surface area (Å²) in [5.74, 6) is 0.955.